The second kappa shape index (κ2) is 4.81. The standard InChI is InChI=1S/C11H9N5O/c12-6-8-7-13-16-10(8)15-11(17)14-9-4-2-1-3-5-9/h1-5,7H,(H3,13,14,15,16,17). The number of rotatable bonds is 2. The monoisotopic (exact) mass is 227 g/mol. The molecule has 0 aliphatic heterocycles. The minimum absolute atomic E-state index is 0.279. The van der Waals surface area contributed by atoms with E-state index >= 15 is 0 Å². The van der Waals surface area contributed by atoms with E-state index in [2.05, 4.69) is 20.8 Å². The zero-order valence-corrected chi connectivity index (χ0v) is 8.77. The van der Waals surface area contributed by atoms with Gasteiger partial charge in [-0.1, -0.05) is 18.2 Å². The summed E-state index contributed by atoms with van der Waals surface area (Å²) in [5.74, 6) is 0.279. The average Bonchev–Trinajstić information content (AvgIpc) is 2.77. The Morgan fingerprint density at radius 3 is 2.76 bits per heavy atom. The summed E-state index contributed by atoms with van der Waals surface area (Å²) in [6.07, 6.45) is 1.35. The lowest BCUT2D eigenvalue weighted by Crippen LogP contribution is -2.20. The first-order valence-corrected chi connectivity index (χ1v) is 4.86. The molecule has 0 saturated heterocycles. The van der Waals surface area contributed by atoms with Crippen molar-refractivity contribution in [3.63, 3.8) is 0 Å². The van der Waals surface area contributed by atoms with Crippen molar-refractivity contribution in [2.45, 2.75) is 0 Å². The van der Waals surface area contributed by atoms with Crippen molar-refractivity contribution >= 4 is 17.5 Å². The summed E-state index contributed by atoms with van der Waals surface area (Å²) in [4.78, 5) is 11.6. The maximum Gasteiger partial charge on any atom is 0.324 e. The SMILES string of the molecule is N#Cc1cn[nH]c1NC(=O)Nc1ccccc1. The molecule has 6 heteroatoms. The van der Waals surface area contributed by atoms with Gasteiger partial charge in [0.05, 0.1) is 6.20 Å². The van der Waals surface area contributed by atoms with Crippen LogP contribution >= 0.6 is 0 Å². The van der Waals surface area contributed by atoms with E-state index in [0.29, 0.717) is 5.69 Å². The summed E-state index contributed by atoms with van der Waals surface area (Å²) in [7, 11) is 0. The van der Waals surface area contributed by atoms with Crippen molar-refractivity contribution in [3.8, 4) is 6.07 Å². The summed E-state index contributed by atoms with van der Waals surface area (Å²) in [6, 6.07) is 10.5. The Bertz CT molecular complexity index is 555. The molecule has 0 atom stereocenters. The van der Waals surface area contributed by atoms with Crippen LogP contribution < -0.4 is 10.6 Å². The summed E-state index contributed by atoms with van der Waals surface area (Å²) in [5, 5.41) is 20.0. The van der Waals surface area contributed by atoms with Crippen LogP contribution in [0, 0.1) is 11.3 Å². The maximum absolute atomic E-state index is 11.6. The predicted molar refractivity (Wildman–Crippen MR) is 62.4 cm³/mol. The van der Waals surface area contributed by atoms with Crippen LogP contribution in [0.25, 0.3) is 0 Å². The number of carbonyl (C=O) groups is 1. The van der Waals surface area contributed by atoms with E-state index in [0.717, 1.165) is 0 Å². The van der Waals surface area contributed by atoms with Crippen LogP contribution in [0.3, 0.4) is 0 Å². The van der Waals surface area contributed by atoms with Crippen LogP contribution in [0.5, 0.6) is 0 Å². The third-order valence-electron chi connectivity index (χ3n) is 2.03. The van der Waals surface area contributed by atoms with Crippen molar-refractivity contribution in [2.24, 2.45) is 0 Å². The van der Waals surface area contributed by atoms with Gasteiger partial charge in [0.15, 0.2) is 0 Å². The van der Waals surface area contributed by atoms with Crippen molar-refractivity contribution in [2.75, 3.05) is 10.6 Å². The number of nitriles is 1. The van der Waals surface area contributed by atoms with Crippen LogP contribution in [-0.4, -0.2) is 16.2 Å². The van der Waals surface area contributed by atoms with Gasteiger partial charge in [0, 0.05) is 5.69 Å². The van der Waals surface area contributed by atoms with E-state index in [-0.39, 0.29) is 11.4 Å². The Morgan fingerprint density at radius 2 is 2.06 bits per heavy atom. The zero-order valence-electron chi connectivity index (χ0n) is 8.77. The van der Waals surface area contributed by atoms with E-state index < -0.39 is 6.03 Å². The molecular formula is C11H9N5O. The average molecular weight is 227 g/mol. The first kappa shape index (κ1) is 10.7. The normalized spacial score (nSPS) is 9.35. The number of H-pyrrole nitrogens is 1. The first-order valence-electron chi connectivity index (χ1n) is 4.86. The van der Waals surface area contributed by atoms with Crippen LogP contribution in [0.1, 0.15) is 5.56 Å². The summed E-state index contributed by atoms with van der Waals surface area (Å²) in [6.45, 7) is 0. The minimum atomic E-state index is -0.433. The number of nitrogens with zero attached hydrogens (tertiary/aromatic N) is 2. The van der Waals surface area contributed by atoms with Crippen molar-refractivity contribution in [3.05, 3.63) is 42.1 Å². The Balaban J connectivity index is 2.01. The van der Waals surface area contributed by atoms with Gasteiger partial charge in [0.1, 0.15) is 17.5 Å². The fraction of sp³-hybridized carbons (Fsp3) is 0. The number of para-hydroxylation sites is 1. The van der Waals surface area contributed by atoms with Crippen LogP contribution in [0.4, 0.5) is 16.3 Å². The molecule has 0 fully saturated rings. The molecule has 0 unspecified atom stereocenters. The van der Waals surface area contributed by atoms with Gasteiger partial charge in [-0.15, -0.1) is 0 Å². The molecule has 84 valence electrons. The van der Waals surface area contributed by atoms with E-state index in [1.165, 1.54) is 6.20 Å². The highest BCUT2D eigenvalue weighted by atomic mass is 16.2. The number of hydrogen-bond donors (Lipinski definition) is 3. The van der Waals surface area contributed by atoms with Crippen LogP contribution in [0.2, 0.25) is 0 Å². The number of nitrogens with one attached hydrogen (secondary N) is 3. The number of benzene rings is 1. The third-order valence-corrected chi connectivity index (χ3v) is 2.03. The minimum Gasteiger partial charge on any atom is -0.308 e. The molecular weight excluding hydrogens is 218 g/mol. The molecule has 1 aromatic heterocycles. The molecule has 1 heterocycles. The predicted octanol–water partition coefficient (Wildman–Crippen LogP) is 1.93. The van der Waals surface area contributed by atoms with Gasteiger partial charge in [-0.2, -0.15) is 10.4 Å². The quantitative estimate of drug-likeness (QED) is 0.731. The van der Waals surface area contributed by atoms with E-state index in [9.17, 15) is 4.79 Å². The number of amides is 2. The molecule has 2 amide bonds. The number of aromatic amines is 1. The van der Waals surface area contributed by atoms with Gasteiger partial charge >= 0.3 is 6.03 Å². The molecule has 0 saturated carbocycles. The molecule has 17 heavy (non-hydrogen) atoms. The Labute approximate surface area is 97.3 Å². The lowest BCUT2D eigenvalue weighted by Gasteiger charge is -2.05. The largest absolute Gasteiger partial charge is 0.324 e. The zero-order chi connectivity index (χ0) is 12.1. The second-order valence-corrected chi connectivity index (χ2v) is 3.22. The van der Waals surface area contributed by atoms with Gasteiger partial charge in [0.25, 0.3) is 0 Å². The molecule has 1 aromatic carbocycles. The molecule has 0 bridgehead atoms. The number of hydrogen-bond acceptors (Lipinski definition) is 3. The summed E-state index contributed by atoms with van der Waals surface area (Å²) in [5.41, 5.74) is 0.955. The van der Waals surface area contributed by atoms with Crippen LogP contribution in [0.15, 0.2) is 36.5 Å². The molecule has 0 spiro atoms. The Morgan fingerprint density at radius 1 is 1.29 bits per heavy atom. The maximum atomic E-state index is 11.6. The molecule has 6 nitrogen and oxygen atoms in total. The highest BCUT2D eigenvalue weighted by molar-refractivity contribution is 5.99. The molecule has 0 aliphatic rings. The number of anilines is 2. The molecule has 3 N–H and O–H groups in total. The van der Waals surface area contributed by atoms with Gasteiger partial charge in [-0.05, 0) is 12.1 Å². The second-order valence-electron chi connectivity index (χ2n) is 3.22. The highest BCUT2D eigenvalue weighted by Crippen LogP contribution is 2.10. The van der Waals surface area contributed by atoms with Gasteiger partial charge in [0.2, 0.25) is 0 Å². The topological polar surface area (TPSA) is 93.6 Å². The van der Waals surface area contributed by atoms with Gasteiger partial charge in [-0.3, -0.25) is 10.4 Å². The fourth-order valence-corrected chi connectivity index (χ4v) is 1.26. The first-order chi connectivity index (χ1) is 8.29. The summed E-state index contributed by atoms with van der Waals surface area (Å²) >= 11 is 0. The van der Waals surface area contributed by atoms with E-state index in [4.69, 9.17) is 5.26 Å². The molecule has 2 aromatic rings. The van der Waals surface area contributed by atoms with Gasteiger partial charge < -0.3 is 5.32 Å². The highest BCUT2D eigenvalue weighted by Gasteiger charge is 2.08. The lowest BCUT2D eigenvalue weighted by molar-refractivity contribution is 0.262. The smallest absolute Gasteiger partial charge is 0.308 e. The van der Waals surface area contributed by atoms with Crippen molar-refractivity contribution < 1.29 is 4.79 Å². The molecule has 0 radical (unpaired) electrons. The lowest BCUT2D eigenvalue weighted by atomic mass is 10.3. The van der Waals surface area contributed by atoms with Crippen molar-refractivity contribution in [1.82, 2.24) is 10.2 Å². The van der Waals surface area contributed by atoms with E-state index in [1.807, 2.05) is 24.3 Å². The molecule has 2 rings (SSSR count). The fourth-order valence-electron chi connectivity index (χ4n) is 1.26. The Hall–Kier alpha value is -2.81. The van der Waals surface area contributed by atoms with Gasteiger partial charge in [-0.25, -0.2) is 4.79 Å². The third kappa shape index (κ3) is 2.60. The van der Waals surface area contributed by atoms with Crippen LogP contribution in [-0.2, 0) is 0 Å². The summed E-state index contributed by atoms with van der Waals surface area (Å²) < 4.78 is 0. The Kier molecular flexibility index (Phi) is 3.03. The number of carbonyl (C=O) groups excluding carboxylic acids is 1. The van der Waals surface area contributed by atoms with E-state index in [1.54, 1.807) is 12.1 Å². The number of aromatic nitrogens is 2. The van der Waals surface area contributed by atoms with Crippen molar-refractivity contribution in [1.29, 1.82) is 5.26 Å². The number of urea groups is 1. The molecule has 0 aliphatic carbocycles.